The molecule has 5 atom stereocenters. The van der Waals surface area contributed by atoms with Crippen molar-refractivity contribution in [3.63, 3.8) is 0 Å². The fourth-order valence-corrected chi connectivity index (χ4v) is 6.39. The molecule has 1 spiro atoms. The van der Waals surface area contributed by atoms with Crippen molar-refractivity contribution in [3.8, 4) is 0 Å². The van der Waals surface area contributed by atoms with Gasteiger partial charge in [-0.05, 0) is 96.1 Å². The molecule has 2 fully saturated rings. The topological polar surface area (TPSA) is 98.0 Å². The van der Waals surface area contributed by atoms with Gasteiger partial charge in [-0.15, -0.1) is 0 Å². The van der Waals surface area contributed by atoms with Crippen LogP contribution in [0.25, 0.3) is 0 Å². The van der Waals surface area contributed by atoms with Crippen LogP contribution in [-0.2, 0) is 4.79 Å². The van der Waals surface area contributed by atoms with E-state index >= 15 is 0 Å². The average Bonchev–Trinajstić information content (AvgIpc) is 3.15. The Balaban J connectivity index is 2.35. The molecule has 0 aromatic carbocycles. The van der Waals surface area contributed by atoms with Crippen molar-refractivity contribution in [3.05, 3.63) is 58.7 Å². The van der Waals surface area contributed by atoms with Crippen LogP contribution in [-0.4, -0.2) is 51.6 Å². The van der Waals surface area contributed by atoms with Gasteiger partial charge >= 0.3 is 0 Å². The molecule has 2 aliphatic carbocycles. The summed E-state index contributed by atoms with van der Waals surface area (Å²) in [6.45, 7) is 11.7. The smallest absolute Gasteiger partial charge is 0.145 e. The molecule has 0 aromatic rings. The highest BCUT2D eigenvalue weighted by atomic mass is 16.3. The van der Waals surface area contributed by atoms with E-state index in [1.807, 2.05) is 18.2 Å². The van der Waals surface area contributed by atoms with E-state index in [0.29, 0.717) is 44.1 Å². The average molecular weight is 487 g/mol. The van der Waals surface area contributed by atoms with Crippen LogP contribution < -0.4 is 0 Å². The van der Waals surface area contributed by atoms with Crippen molar-refractivity contribution >= 4 is 6.29 Å². The first-order valence-corrected chi connectivity index (χ1v) is 13.0. The number of hydrogen-bond acceptors (Lipinski definition) is 5. The number of aliphatic hydroxyl groups excluding tert-OH is 3. The third-order valence-electron chi connectivity index (χ3n) is 8.36. The molecular formula is C30H46O5. The quantitative estimate of drug-likeness (QED) is 0.143. The van der Waals surface area contributed by atoms with Gasteiger partial charge in [0, 0.05) is 17.9 Å². The predicted molar refractivity (Wildman–Crippen MR) is 142 cm³/mol. The summed E-state index contributed by atoms with van der Waals surface area (Å²) in [7, 11) is 0. The van der Waals surface area contributed by atoms with Crippen LogP contribution in [0.1, 0.15) is 79.1 Å². The van der Waals surface area contributed by atoms with E-state index < -0.39 is 17.1 Å². The van der Waals surface area contributed by atoms with Crippen LogP contribution in [0.3, 0.4) is 0 Å². The monoisotopic (exact) mass is 486 g/mol. The van der Waals surface area contributed by atoms with Gasteiger partial charge in [0.1, 0.15) is 6.29 Å². The molecule has 0 aliphatic heterocycles. The van der Waals surface area contributed by atoms with Gasteiger partial charge < -0.3 is 20.4 Å². The van der Waals surface area contributed by atoms with E-state index in [9.17, 15) is 25.2 Å². The molecule has 2 saturated carbocycles. The van der Waals surface area contributed by atoms with Gasteiger partial charge in [-0.2, -0.15) is 0 Å². The largest absolute Gasteiger partial charge is 0.396 e. The molecule has 0 bridgehead atoms. The Hall–Kier alpha value is -1.79. The van der Waals surface area contributed by atoms with Crippen molar-refractivity contribution in [2.45, 2.75) is 90.8 Å². The number of aliphatic hydroxyl groups is 4. The van der Waals surface area contributed by atoms with Gasteiger partial charge in [-0.3, -0.25) is 4.79 Å². The lowest BCUT2D eigenvalue weighted by Gasteiger charge is -2.55. The lowest BCUT2D eigenvalue weighted by atomic mass is 9.52. The molecule has 4 N–H and O–H groups in total. The number of carbonyl (C=O) groups excluding carboxylic acids is 1. The van der Waals surface area contributed by atoms with Crippen molar-refractivity contribution in [1.82, 2.24) is 0 Å². The van der Waals surface area contributed by atoms with Crippen LogP contribution in [0.15, 0.2) is 58.7 Å². The zero-order valence-corrected chi connectivity index (χ0v) is 22.1. The van der Waals surface area contributed by atoms with Crippen molar-refractivity contribution in [1.29, 1.82) is 0 Å². The Labute approximate surface area is 211 Å². The summed E-state index contributed by atoms with van der Waals surface area (Å²) < 4.78 is 0. The second-order valence-electron chi connectivity index (χ2n) is 10.9. The third-order valence-corrected chi connectivity index (χ3v) is 8.36. The van der Waals surface area contributed by atoms with Crippen LogP contribution in [0.5, 0.6) is 0 Å². The molecule has 0 radical (unpaired) electrons. The summed E-state index contributed by atoms with van der Waals surface area (Å²) in [6.07, 6.45) is 13.1. The Morgan fingerprint density at radius 3 is 2.51 bits per heavy atom. The van der Waals surface area contributed by atoms with Gasteiger partial charge in [-0.1, -0.05) is 47.6 Å². The zero-order valence-electron chi connectivity index (χ0n) is 22.1. The molecule has 0 unspecified atom stereocenters. The highest BCUT2D eigenvalue weighted by molar-refractivity contribution is 5.74. The zero-order chi connectivity index (χ0) is 26.2. The third kappa shape index (κ3) is 6.51. The minimum absolute atomic E-state index is 0.0196. The molecule has 0 aromatic heterocycles. The van der Waals surface area contributed by atoms with Crippen LogP contribution in [0.2, 0.25) is 0 Å². The maximum Gasteiger partial charge on any atom is 0.145 e. The number of carbonyl (C=O) groups is 1. The molecule has 2 aliphatic rings. The van der Waals surface area contributed by atoms with Gasteiger partial charge in [0.25, 0.3) is 0 Å². The maximum absolute atomic E-state index is 11.8. The Bertz CT molecular complexity index is 871. The van der Waals surface area contributed by atoms with Crippen LogP contribution in [0.4, 0.5) is 0 Å². The van der Waals surface area contributed by atoms with E-state index in [0.717, 1.165) is 35.8 Å². The van der Waals surface area contributed by atoms with Crippen molar-refractivity contribution in [2.75, 3.05) is 13.2 Å². The van der Waals surface area contributed by atoms with Crippen molar-refractivity contribution in [2.24, 2.45) is 17.3 Å². The number of hydrogen-bond donors (Lipinski definition) is 4. The van der Waals surface area contributed by atoms with Crippen LogP contribution >= 0.6 is 0 Å². The minimum atomic E-state index is -1.12. The number of aldehydes is 1. The van der Waals surface area contributed by atoms with Crippen LogP contribution in [0, 0.1) is 17.3 Å². The van der Waals surface area contributed by atoms with E-state index in [-0.39, 0.29) is 25.0 Å². The SMILES string of the molecule is C=C(/C=C/C=C(/CO)[C@@H]1CC[C@]2([C@H](CCCO)C(=C(C)C=O)CC[C@]2(C)O)[C@@H]1O)CCC=C(C)C. The molecule has 5 heteroatoms. The lowest BCUT2D eigenvalue weighted by Crippen LogP contribution is -2.59. The summed E-state index contributed by atoms with van der Waals surface area (Å²) in [6, 6.07) is 0. The second kappa shape index (κ2) is 13.0. The highest BCUT2D eigenvalue weighted by Crippen LogP contribution is 2.62. The minimum Gasteiger partial charge on any atom is -0.396 e. The summed E-state index contributed by atoms with van der Waals surface area (Å²) in [5.41, 5.74) is 2.71. The predicted octanol–water partition coefficient (Wildman–Crippen LogP) is 4.97. The maximum atomic E-state index is 11.8. The van der Waals surface area contributed by atoms with Gasteiger partial charge in [0.05, 0.1) is 18.3 Å². The molecule has 0 heterocycles. The molecule has 5 nitrogen and oxygen atoms in total. The Morgan fingerprint density at radius 2 is 1.91 bits per heavy atom. The van der Waals surface area contributed by atoms with Gasteiger partial charge in [-0.25, -0.2) is 0 Å². The first-order chi connectivity index (χ1) is 16.6. The normalized spacial score (nSPS) is 32.8. The van der Waals surface area contributed by atoms with E-state index in [1.54, 1.807) is 13.8 Å². The fraction of sp³-hybridized carbons (Fsp3) is 0.633. The highest BCUT2D eigenvalue weighted by Gasteiger charge is 2.63. The standard InChI is InChI=1S/C30H46O5/c1-21(2)9-6-10-22(3)11-7-12-24(20-33)26-15-17-30(28(26)34)27(13-8-18-31)25(23(4)19-32)14-16-29(30,5)35/h7,9,11-12,19,26-28,31,33-35H,3,6,8,10,13-18,20H2,1-2,4-5H3/b11-7+,24-12-,25-23?/t26-,27+,28+,29-,30-/m0/s1. The molecule has 2 rings (SSSR count). The van der Waals surface area contributed by atoms with E-state index in [4.69, 9.17) is 0 Å². The summed E-state index contributed by atoms with van der Waals surface area (Å²) in [5.74, 6) is -0.489. The molecule has 35 heavy (non-hydrogen) atoms. The molecule has 196 valence electrons. The molecule has 0 amide bonds. The first-order valence-electron chi connectivity index (χ1n) is 13.0. The first kappa shape index (κ1) is 29.4. The summed E-state index contributed by atoms with van der Waals surface area (Å²) in [5, 5.41) is 43.1. The fourth-order valence-electron chi connectivity index (χ4n) is 6.39. The lowest BCUT2D eigenvalue weighted by molar-refractivity contribution is -0.167. The second-order valence-corrected chi connectivity index (χ2v) is 10.9. The van der Waals surface area contributed by atoms with Crippen molar-refractivity contribution < 1.29 is 25.2 Å². The van der Waals surface area contributed by atoms with E-state index in [2.05, 4.69) is 26.5 Å². The Kier molecular flexibility index (Phi) is 10.9. The molecular weight excluding hydrogens is 440 g/mol. The number of rotatable bonds is 11. The Morgan fingerprint density at radius 1 is 1.20 bits per heavy atom. The number of allylic oxidation sites excluding steroid dienone is 8. The molecule has 0 saturated heterocycles. The van der Waals surface area contributed by atoms with Gasteiger partial charge in [0.15, 0.2) is 0 Å². The summed E-state index contributed by atoms with van der Waals surface area (Å²) in [4.78, 5) is 11.7. The van der Waals surface area contributed by atoms with E-state index in [1.165, 1.54) is 5.57 Å². The summed E-state index contributed by atoms with van der Waals surface area (Å²) >= 11 is 0. The van der Waals surface area contributed by atoms with Gasteiger partial charge in [0.2, 0.25) is 0 Å².